The lowest BCUT2D eigenvalue weighted by Gasteiger charge is -2.59. The molecule has 0 spiro atoms. The van der Waals surface area contributed by atoms with Crippen molar-refractivity contribution in [1.82, 2.24) is 5.32 Å². The standard InChI is InChI=1S/C34H40N2O12/c1-32-12-10-21(37)15-19(32)6-7-22-23-11-13-34(45,33(23,2)16-24(38)28(22)32)25(39)17-48-27(41)9-8-26(40)35-29(31(43)44)30(42)18-4-3-5-20(14-18)36(46)47/h3-5,10,12,14-15,22-24,28-30,38,42,45H,6-9,11,13,16-17H2,1-2H3,(H,35,40)(H,43,44)/t22-,23-,24-,28+,29-,30-,32-,33-,34-/m0/s1. The smallest absolute Gasteiger partial charge is 0.329 e. The molecule has 48 heavy (non-hydrogen) atoms. The summed E-state index contributed by atoms with van der Waals surface area (Å²) in [6.07, 6.45) is 3.47. The number of carboxylic acids is 1. The zero-order valence-corrected chi connectivity index (χ0v) is 26.7. The molecule has 1 aromatic rings. The molecule has 0 radical (unpaired) electrons. The van der Waals surface area contributed by atoms with Gasteiger partial charge in [0.25, 0.3) is 5.69 Å². The molecule has 4 aliphatic rings. The first-order valence-corrected chi connectivity index (χ1v) is 16.0. The van der Waals surface area contributed by atoms with Crippen LogP contribution in [0.4, 0.5) is 5.69 Å². The van der Waals surface area contributed by atoms with Crippen LogP contribution in [0.15, 0.2) is 48.1 Å². The molecule has 1 amide bonds. The molecule has 0 aromatic heterocycles. The van der Waals surface area contributed by atoms with Crippen LogP contribution in [0.1, 0.15) is 70.5 Å². The van der Waals surface area contributed by atoms with Crippen molar-refractivity contribution >= 4 is 35.1 Å². The second-order valence-electron chi connectivity index (χ2n) is 13.9. The summed E-state index contributed by atoms with van der Waals surface area (Å²) < 4.78 is 5.12. The van der Waals surface area contributed by atoms with Gasteiger partial charge in [-0.05, 0) is 61.7 Å². The number of nitrogens with one attached hydrogen (secondary N) is 1. The van der Waals surface area contributed by atoms with Gasteiger partial charge in [-0.25, -0.2) is 4.79 Å². The van der Waals surface area contributed by atoms with Gasteiger partial charge in [0, 0.05) is 35.3 Å². The van der Waals surface area contributed by atoms with Crippen molar-refractivity contribution in [2.45, 2.75) is 82.6 Å². The molecule has 5 rings (SSSR count). The minimum Gasteiger partial charge on any atom is -0.480 e. The van der Waals surface area contributed by atoms with Crippen LogP contribution in [0.3, 0.4) is 0 Å². The fraction of sp³-hybridized carbons (Fsp3) is 0.559. The van der Waals surface area contributed by atoms with Gasteiger partial charge < -0.3 is 30.5 Å². The number of amides is 1. The Hall–Kier alpha value is -4.27. The number of nitrogens with zero attached hydrogens (tertiary/aromatic N) is 1. The number of aliphatic carboxylic acids is 1. The van der Waals surface area contributed by atoms with E-state index in [0.29, 0.717) is 19.3 Å². The van der Waals surface area contributed by atoms with Gasteiger partial charge in [-0.3, -0.25) is 29.3 Å². The highest BCUT2D eigenvalue weighted by Gasteiger charge is 2.68. The number of nitro groups is 1. The highest BCUT2D eigenvalue weighted by Crippen LogP contribution is 2.67. The molecule has 14 nitrogen and oxygen atoms in total. The number of carboxylic acid groups (broad SMARTS) is 1. The number of Topliss-reactive ketones (excluding diaryl/α,β-unsaturated/α-hetero) is 1. The Kier molecular flexibility index (Phi) is 9.47. The lowest BCUT2D eigenvalue weighted by atomic mass is 9.46. The van der Waals surface area contributed by atoms with E-state index < -0.39 is 82.7 Å². The van der Waals surface area contributed by atoms with E-state index in [1.165, 1.54) is 18.2 Å². The van der Waals surface area contributed by atoms with Gasteiger partial charge in [-0.2, -0.15) is 0 Å². The molecule has 0 bridgehead atoms. The summed E-state index contributed by atoms with van der Waals surface area (Å²) in [5.74, 6) is -4.57. The molecular weight excluding hydrogens is 628 g/mol. The molecule has 0 saturated heterocycles. The summed E-state index contributed by atoms with van der Waals surface area (Å²) in [4.78, 5) is 72.6. The molecule has 4 aliphatic carbocycles. The first-order chi connectivity index (χ1) is 22.5. The second kappa shape index (κ2) is 13.0. The molecule has 14 heteroatoms. The highest BCUT2D eigenvalue weighted by atomic mass is 16.6. The molecule has 3 fully saturated rings. The summed E-state index contributed by atoms with van der Waals surface area (Å²) in [5, 5.41) is 56.5. The van der Waals surface area contributed by atoms with E-state index in [0.717, 1.165) is 17.7 Å². The molecule has 1 aromatic carbocycles. The zero-order valence-electron chi connectivity index (χ0n) is 26.7. The topological polar surface area (TPSA) is 231 Å². The van der Waals surface area contributed by atoms with Crippen molar-refractivity contribution in [1.29, 1.82) is 0 Å². The van der Waals surface area contributed by atoms with Crippen LogP contribution in [0.25, 0.3) is 0 Å². The molecule has 3 saturated carbocycles. The van der Waals surface area contributed by atoms with Crippen molar-refractivity contribution in [3.8, 4) is 0 Å². The number of ketones is 2. The van der Waals surface area contributed by atoms with Gasteiger partial charge in [-0.15, -0.1) is 0 Å². The largest absolute Gasteiger partial charge is 0.480 e. The van der Waals surface area contributed by atoms with Crippen molar-refractivity contribution in [3.05, 3.63) is 63.7 Å². The number of esters is 1. The number of rotatable bonds is 11. The third kappa shape index (κ3) is 6.08. The average molecular weight is 669 g/mol. The van der Waals surface area contributed by atoms with Crippen molar-refractivity contribution in [2.75, 3.05) is 6.61 Å². The molecule has 258 valence electrons. The maximum Gasteiger partial charge on any atom is 0.329 e. The van der Waals surface area contributed by atoms with E-state index in [9.17, 15) is 54.5 Å². The van der Waals surface area contributed by atoms with Gasteiger partial charge in [-0.1, -0.05) is 37.6 Å². The van der Waals surface area contributed by atoms with Crippen molar-refractivity contribution in [3.63, 3.8) is 0 Å². The van der Waals surface area contributed by atoms with E-state index in [1.54, 1.807) is 13.0 Å². The van der Waals surface area contributed by atoms with Crippen molar-refractivity contribution in [2.24, 2.45) is 28.6 Å². The van der Waals surface area contributed by atoms with E-state index in [-0.39, 0.29) is 47.6 Å². The Morgan fingerprint density at radius 3 is 2.58 bits per heavy atom. The molecule has 0 heterocycles. The number of aliphatic hydroxyl groups is 3. The molecule has 5 N–H and O–H groups in total. The number of hydrogen-bond donors (Lipinski definition) is 5. The second-order valence-corrected chi connectivity index (χ2v) is 13.9. The Morgan fingerprint density at radius 2 is 1.90 bits per heavy atom. The fourth-order valence-corrected chi connectivity index (χ4v) is 8.88. The predicted molar refractivity (Wildman–Crippen MR) is 166 cm³/mol. The van der Waals surface area contributed by atoms with E-state index in [4.69, 9.17) is 4.74 Å². The van der Waals surface area contributed by atoms with Crippen LogP contribution in [0, 0.1) is 38.7 Å². The Morgan fingerprint density at radius 1 is 1.17 bits per heavy atom. The lowest BCUT2D eigenvalue weighted by molar-refractivity contribution is -0.385. The fourth-order valence-electron chi connectivity index (χ4n) is 8.88. The van der Waals surface area contributed by atoms with Gasteiger partial charge >= 0.3 is 11.9 Å². The number of carbonyl (C=O) groups excluding carboxylic acids is 4. The summed E-state index contributed by atoms with van der Waals surface area (Å²) >= 11 is 0. The third-order valence-corrected chi connectivity index (χ3v) is 11.4. The zero-order chi connectivity index (χ0) is 35.2. The van der Waals surface area contributed by atoms with E-state index >= 15 is 0 Å². The molecule has 0 unspecified atom stereocenters. The van der Waals surface area contributed by atoms with Crippen LogP contribution >= 0.6 is 0 Å². The number of fused-ring (bicyclic) bond motifs is 5. The van der Waals surface area contributed by atoms with Crippen molar-refractivity contribution < 1.29 is 54.1 Å². The Balaban J connectivity index is 1.17. The predicted octanol–water partition coefficient (Wildman–Crippen LogP) is 2.10. The van der Waals surface area contributed by atoms with Gasteiger partial charge in [0.15, 0.2) is 18.4 Å². The SMILES string of the molecule is C[C@]12C=CC(=O)C=C1CC[C@@H]1[C@@H]2[C@@H](O)C[C@@]2(C)[C@H]1CC[C@]2(O)C(=O)COC(=O)CCC(=O)N[C@H](C(=O)O)[C@@H](O)c1cccc([N+](=O)[O-])c1. The van der Waals surface area contributed by atoms with E-state index in [1.807, 2.05) is 13.0 Å². The van der Waals surface area contributed by atoms with Gasteiger partial charge in [0.1, 0.15) is 11.7 Å². The highest BCUT2D eigenvalue weighted by molar-refractivity contribution is 6.01. The van der Waals surface area contributed by atoms with Crippen LogP contribution < -0.4 is 5.32 Å². The molecule has 9 atom stereocenters. The molecular formula is C34H40N2O12. The minimum absolute atomic E-state index is 0.00760. The van der Waals surface area contributed by atoms with Gasteiger partial charge in [0.2, 0.25) is 11.7 Å². The first-order valence-electron chi connectivity index (χ1n) is 16.0. The van der Waals surface area contributed by atoms with Crippen LogP contribution in [-0.2, 0) is 28.7 Å². The van der Waals surface area contributed by atoms with E-state index in [2.05, 4.69) is 5.32 Å². The summed E-state index contributed by atoms with van der Waals surface area (Å²) in [7, 11) is 0. The Labute approximate surface area is 276 Å². The first kappa shape index (κ1) is 35.0. The van der Waals surface area contributed by atoms with Crippen LogP contribution in [0.5, 0.6) is 0 Å². The Bertz CT molecular complexity index is 1600. The summed E-state index contributed by atoms with van der Waals surface area (Å²) in [6, 6.07) is 2.78. The maximum absolute atomic E-state index is 13.5. The molecule has 0 aliphatic heterocycles. The number of aliphatic hydroxyl groups excluding tert-OH is 2. The number of nitro benzene ring substituents is 1. The van der Waals surface area contributed by atoms with Crippen LogP contribution in [-0.4, -0.2) is 79.1 Å². The number of hydrogen-bond acceptors (Lipinski definition) is 11. The van der Waals surface area contributed by atoms with Gasteiger partial charge in [0.05, 0.1) is 17.4 Å². The third-order valence-electron chi connectivity index (χ3n) is 11.4. The summed E-state index contributed by atoms with van der Waals surface area (Å²) in [5.41, 5.74) is -2.87. The quantitative estimate of drug-likeness (QED) is 0.130. The maximum atomic E-state index is 13.5. The number of benzene rings is 1. The average Bonchev–Trinajstić information content (AvgIpc) is 3.31. The number of non-ortho nitro benzene ring substituents is 1. The van der Waals surface area contributed by atoms with Crippen LogP contribution in [0.2, 0.25) is 0 Å². The lowest BCUT2D eigenvalue weighted by Crippen LogP contribution is -2.61. The summed E-state index contributed by atoms with van der Waals surface area (Å²) in [6.45, 7) is 3.06. The monoisotopic (exact) mass is 668 g/mol. The number of carbonyl (C=O) groups is 5. The number of allylic oxidation sites excluding steroid dienone is 4. The normalized spacial score (nSPS) is 33.3. The minimum atomic E-state index is -1.88. The number of ether oxygens (including phenoxy) is 1.